The highest BCUT2D eigenvalue weighted by atomic mass is 15.1. The Hall–Kier alpha value is -0.830. The molecular weight excluding hydrogens is 222 g/mol. The molecular formula is C15H27N3. The lowest BCUT2D eigenvalue weighted by Crippen LogP contribution is -2.35. The fraction of sp³-hybridized carbons (Fsp3) is 0.800. The molecule has 1 saturated carbocycles. The number of hydrogen-bond donors (Lipinski definition) is 1. The minimum Gasteiger partial charge on any atom is -0.334 e. The summed E-state index contributed by atoms with van der Waals surface area (Å²) in [6.45, 7) is 9.79. The third kappa shape index (κ3) is 3.58. The Balaban J connectivity index is 1.97. The third-order valence-electron chi connectivity index (χ3n) is 3.90. The smallest absolute Gasteiger partial charge is 0.0952 e. The lowest BCUT2D eigenvalue weighted by molar-refractivity contribution is 0.257. The summed E-state index contributed by atoms with van der Waals surface area (Å²) in [5.74, 6) is 0.788. The molecule has 1 aromatic rings. The Kier molecular flexibility index (Phi) is 4.10. The van der Waals surface area contributed by atoms with E-state index in [1.54, 1.807) is 0 Å². The quantitative estimate of drug-likeness (QED) is 0.888. The van der Waals surface area contributed by atoms with Crippen LogP contribution < -0.4 is 5.32 Å². The number of rotatable bonds is 3. The molecule has 0 spiro atoms. The van der Waals surface area contributed by atoms with E-state index in [0.717, 1.165) is 18.2 Å². The molecule has 2 unspecified atom stereocenters. The zero-order chi connectivity index (χ0) is 13.2. The largest absolute Gasteiger partial charge is 0.334 e. The molecule has 0 amide bonds. The predicted octanol–water partition coefficient (Wildman–Crippen LogP) is 3.52. The van der Waals surface area contributed by atoms with E-state index in [0.29, 0.717) is 6.04 Å². The Labute approximate surface area is 111 Å². The van der Waals surface area contributed by atoms with Crippen LogP contribution in [0.2, 0.25) is 0 Å². The molecule has 0 saturated heterocycles. The molecule has 3 nitrogen and oxygen atoms in total. The lowest BCUT2D eigenvalue weighted by Gasteiger charge is -2.29. The van der Waals surface area contributed by atoms with Gasteiger partial charge in [0.25, 0.3) is 0 Å². The van der Waals surface area contributed by atoms with Crippen LogP contribution in [-0.2, 0) is 6.54 Å². The van der Waals surface area contributed by atoms with E-state index in [-0.39, 0.29) is 5.54 Å². The molecule has 0 aliphatic heterocycles. The van der Waals surface area contributed by atoms with Gasteiger partial charge in [0.05, 0.1) is 12.0 Å². The Morgan fingerprint density at radius 1 is 1.33 bits per heavy atom. The van der Waals surface area contributed by atoms with Crippen LogP contribution in [0.3, 0.4) is 0 Å². The van der Waals surface area contributed by atoms with Gasteiger partial charge in [0, 0.05) is 24.3 Å². The molecule has 1 N–H and O–H groups in total. The van der Waals surface area contributed by atoms with Gasteiger partial charge in [0.15, 0.2) is 0 Å². The van der Waals surface area contributed by atoms with E-state index >= 15 is 0 Å². The molecule has 1 heterocycles. The molecule has 0 bridgehead atoms. The van der Waals surface area contributed by atoms with Crippen molar-refractivity contribution in [3.8, 4) is 0 Å². The van der Waals surface area contributed by atoms with E-state index in [1.807, 2.05) is 6.33 Å². The second kappa shape index (κ2) is 5.43. The first-order valence-electron chi connectivity index (χ1n) is 7.23. The molecule has 0 radical (unpaired) electrons. The second-order valence-electron chi connectivity index (χ2n) is 6.74. The second-order valence-corrected chi connectivity index (χ2v) is 6.74. The van der Waals surface area contributed by atoms with Crippen molar-refractivity contribution in [2.45, 2.75) is 71.5 Å². The van der Waals surface area contributed by atoms with Crippen LogP contribution in [-0.4, -0.2) is 15.1 Å². The van der Waals surface area contributed by atoms with Gasteiger partial charge in [-0.1, -0.05) is 19.8 Å². The number of nitrogens with zero attached hydrogens (tertiary/aromatic N) is 2. The first kappa shape index (κ1) is 13.6. The third-order valence-corrected chi connectivity index (χ3v) is 3.90. The lowest BCUT2D eigenvalue weighted by atomic mass is 9.86. The Morgan fingerprint density at radius 2 is 2.06 bits per heavy atom. The zero-order valence-corrected chi connectivity index (χ0v) is 12.2. The van der Waals surface area contributed by atoms with E-state index in [9.17, 15) is 0 Å². The minimum atomic E-state index is 0.155. The van der Waals surface area contributed by atoms with Crippen molar-refractivity contribution >= 4 is 0 Å². The monoisotopic (exact) mass is 249 g/mol. The van der Waals surface area contributed by atoms with Gasteiger partial charge in [0.2, 0.25) is 0 Å². The summed E-state index contributed by atoms with van der Waals surface area (Å²) in [5.41, 5.74) is 1.31. The van der Waals surface area contributed by atoms with Crippen LogP contribution in [0.5, 0.6) is 0 Å². The van der Waals surface area contributed by atoms with Crippen LogP contribution in [0.4, 0.5) is 0 Å². The van der Waals surface area contributed by atoms with E-state index in [1.165, 1.54) is 25.7 Å². The summed E-state index contributed by atoms with van der Waals surface area (Å²) >= 11 is 0. The first-order chi connectivity index (χ1) is 8.46. The maximum Gasteiger partial charge on any atom is 0.0952 e. The van der Waals surface area contributed by atoms with Gasteiger partial charge in [-0.05, 0) is 39.5 Å². The summed E-state index contributed by atoms with van der Waals surface area (Å²) in [4.78, 5) is 4.53. The van der Waals surface area contributed by atoms with E-state index in [2.05, 4.69) is 48.8 Å². The number of nitrogens with one attached hydrogen (secondary N) is 1. The maximum absolute atomic E-state index is 4.53. The van der Waals surface area contributed by atoms with Gasteiger partial charge in [-0.15, -0.1) is 0 Å². The summed E-state index contributed by atoms with van der Waals surface area (Å²) in [7, 11) is 0. The molecule has 102 valence electrons. The summed E-state index contributed by atoms with van der Waals surface area (Å²) in [5, 5.41) is 3.49. The summed E-state index contributed by atoms with van der Waals surface area (Å²) < 4.78 is 2.34. The molecule has 1 fully saturated rings. The Bertz CT molecular complexity index is 375. The molecule has 1 aromatic heterocycles. The van der Waals surface area contributed by atoms with Crippen molar-refractivity contribution in [3.63, 3.8) is 0 Å². The van der Waals surface area contributed by atoms with Crippen LogP contribution in [0.1, 0.15) is 65.1 Å². The topological polar surface area (TPSA) is 29.9 Å². The van der Waals surface area contributed by atoms with Crippen molar-refractivity contribution in [1.82, 2.24) is 14.9 Å². The van der Waals surface area contributed by atoms with Crippen molar-refractivity contribution in [1.29, 1.82) is 0 Å². The van der Waals surface area contributed by atoms with Crippen LogP contribution >= 0.6 is 0 Å². The minimum absolute atomic E-state index is 0.155. The Morgan fingerprint density at radius 3 is 2.72 bits per heavy atom. The highest BCUT2D eigenvalue weighted by Crippen LogP contribution is 2.33. The maximum atomic E-state index is 4.53. The molecule has 1 aliphatic rings. The zero-order valence-electron chi connectivity index (χ0n) is 12.2. The van der Waals surface area contributed by atoms with Crippen LogP contribution in [0.25, 0.3) is 0 Å². The number of imidazole rings is 1. The van der Waals surface area contributed by atoms with Gasteiger partial charge in [0.1, 0.15) is 0 Å². The highest BCUT2D eigenvalue weighted by Gasteiger charge is 2.22. The van der Waals surface area contributed by atoms with Crippen molar-refractivity contribution in [2.75, 3.05) is 0 Å². The van der Waals surface area contributed by atoms with E-state index in [4.69, 9.17) is 0 Å². The van der Waals surface area contributed by atoms with Crippen molar-refractivity contribution < 1.29 is 0 Å². The van der Waals surface area contributed by atoms with Crippen molar-refractivity contribution in [2.24, 2.45) is 5.92 Å². The van der Waals surface area contributed by atoms with Gasteiger partial charge in [-0.25, -0.2) is 4.98 Å². The standard InChI is InChI=1S/C15H27N3/c1-12-7-5-6-8-14(12)18-10-13(16-11-18)9-17-15(2,3)4/h10-12,14,17H,5-9H2,1-4H3. The van der Waals surface area contributed by atoms with Crippen molar-refractivity contribution in [3.05, 3.63) is 18.2 Å². The predicted molar refractivity (Wildman–Crippen MR) is 75.5 cm³/mol. The van der Waals surface area contributed by atoms with E-state index < -0.39 is 0 Å². The molecule has 18 heavy (non-hydrogen) atoms. The van der Waals surface area contributed by atoms with Gasteiger partial charge < -0.3 is 9.88 Å². The molecule has 2 atom stereocenters. The molecule has 2 rings (SSSR count). The van der Waals surface area contributed by atoms with Gasteiger partial charge in [-0.3, -0.25) is 0 Å². The number of hydrogen-bond acceptors (Lipinski definition) is 2. The fourth-order valence-electron chi connectivity index (χ4n) is 2.75. The van der Waals surface area contributed by atoms with Crippen LogP contribution in [0, 0.1) is 5.92 Å². The molecule has 0 aromatic carbocycles. The van der Waals surface area contributed by atoms with Gasteiger partial charge in [-0.2, -0.15) is 0 Å². The first-order valence-corrected chi connectivity index (χ1v) is 7.23. The number of aromatic nitrogens is 2. The summed E-state index contributed by atoms with van der Waals surface area (Å²) in [6.07, 6.45) is 9.67. The SMILES string of the molecule is CC1CCCCC1n1cnc(CNC(C)(C)C)c1. The van der Waals surface area contributed by atoms with Gasteiger partial charge >= 0.3 is 0 Å². The average Bonchev–Trinajstić information content (AvgIpc) is 2.75. The molecule has 1 aliphatic carbocycles. The summed E-state index contributed by atoms with van der Waals surface area (Å²) in [6, 6.07) is 0.662. The molecule has 3 heteroatoms. The average molecular weight is 249 g/mol. The normalized spacial score (nSPS) is 25.3. The highest BCUT2D eigenvalue weighted by molar-refractivity contribution is 4.99. The fourth-order valence-corrected chi connectivity index (χ4v) is 2.75. The van der Waals surface area contributed by atoms with Crippen LogP contribution in [0.15, 0.2) is 12.5 Å².